The van der Waals surface area contributed by atoms with E-state index in [4.69, 9.17) is 25.5 Å². The number of aliphatic hydroxyl groups excluding tert-OH is 5. The van der Waals surface area contributed by atoms with Crippen molar-refractivity contribution in [2.75, 3.05) is 6.61 Å². The molecular formula is C10H18O8. The summed E-state index contributed by atoms with van der Waals surface area (Å²) in [5.74, 6) is -0.329. The lowest BCUT2D eigenvalue weighted by atomic mass is 10.0. The quantitative estimate of drug-likeness (QED) is 0.198. The fourth-order valence-corrected chi connectivity index (χ4v) is 0.735. The lowest BCUT2D eigenvalue weighted by Gasteiger charge is -2.22. The number of carbonyl (C=O) groups excluding carboxylic acids is 2. The van der Waals surface area contributed by atoms with Crippen LogP contribution in [-0.2, 0) is 14.3 Å². The number of esters is 1. The van der Waals surface area contributed by atoms with E-state index in [0.29, 0.717) is 0 Å². The van der Waals surface area contributed by atoms with Crippen molar-refractivity contribution in [1.29, 1.82) is 0 Å². The van der Waals surface area contributed by atoms with Crippen LogP contribution in [0, 0.1) is 0 Å². The molecule has 8 nitrogen and oxygen atoms in total. The van der Waals surface area contributed by atoms with Gasteiger partial charge in [0.25, 0.3) is 0 Å². The second-order valence-electron chi connectivity index (χ2n) is 3.13. The van der Waals surface area contributed by atoms with Crippen LogP contribution >= 0.6 is 0 Å². The molecule has 0 aliphatic carbocycles. The van der Waals surface area contributed by atoms with Crippen molar-refractivity contribution in [3.63, 3.8) is 0 Å². The SMILES string of the molecule is C=COC(C)=O.O=C[C@H](O)[C@@H](O)[C@H](O)[C@H](O)CO. The van der Waals surface area contributed by atoms with E-state index in [1.54, 1.807) is 0 Å². The summed E-state index contributed by atoms with van der Waals surface area (Å²) in [6.07, 6.45) is -5.74. The summed E-state index contributed by atoms with van der Waals surface area (Å²) in [6, 6.07) is 0. The Kier molecular flexibility index (Phi) is 11.4. The van der Waals surface area contributed by atoms with Crippen LogP contribution in [0.3, 0.4) is 0 Å². The molecule has 18 heavy (non-hydrogen) atoms. The molecule has 0 aromatic carbocycles. The molecule has 0 aromatic heterocycles. The number of aliphatic hydroxyl groups is 5. The zero-order chi connectivity index (χ0) is 14.7. The summed E-state index contributed by atoms with van der Waals surface area (Å²) in [7, 11) is 0. The molecule has 4 atom stereocenters. The summed E-state index contributed by atoms with van der Waals surface area (Å²) in [5.41, 5.74) is 0. The normalized spacial score (nSPS) is 16.3. The molecule has 0 unspecified atom stereocenters. The first-order chi connectivity index (χ1) is 8.31. The molecule has 8 heteroatoms. The van der Waals surface area contributed by atoms with Crippen LogP contribution in [0.5, 0.6) is 0 Å². The summed E-state index contributed by atoms with van der Waals surface area (Å²) in [4.78, 5) is 19.6. The van der Waals surface area contributed by atoms with Crippen LogP contribution in [0.25, 0.3) is 0 Å². The number of hydrogen-bond acceptors (Lipinski definition) is 8. The van der Waals surface area contributed by atoms with Gasteiger partial charge in [-0.05, 0) is 0 Å². The lowest BCUT2D eigenvalue weighted by Crippen LogP contribution is -2.46. The molecule has 0 aliphatic rings. The zero-order valence-electron chi connectivity index (χ0n) is 9.84. The number of ether oxygens (including phenoxy) is 1. The summed E-state index contributed by atoms with van der Waals surface area (Å²) in [6.45, 7) is 3.72. The monoisotopic (exact) mass is 266 g/mol. The molecule has 0 spiro atoms. The maximum atomic E-state index is 9.90. The molecule has 0 rings (SSSR count). The van der Waals surface area contributed by atoms with E-state index in [2.05, 4.69) is 11.3 Å². The maximum Gasteiger partial charge on any atom is 0.307 e. The average Bonchev–Trinajstić information content (AvgIpc) is 2.35. The highest BCUT2D eigenvalue weighted by molar-refractivity contribution is 5.66. The van der Waals surface area contributed by atoms with Gasteiger partial charge in [-0.3, -0.25) is 4.79 Å². The van der Waals surface area contributed by atoms with Gasteiger partial charge in [0, 0.05) is 6.92 Å². The van der Waals surface area contributed by atoms with Crippen LogP contribution in [0.4, 0.5) is 0 Å². The number of hydrogen-bond donors (Lipinski definition) is 5. The topological polar surface area (TPSA) is 145 Å². The molecule has 0 bridgehead atoms. The number of aldehydes is 1. The number of rotatable bonds is 6. The molecule has 0 amide bonds. The van der Waals surface area contributed by atoms with E-state index in [1.165, 1.54) is 6.92 Å². The van der Waals surface area contributed by atoms with Crippen molar-refractivity contribution >= 4 is 12.3 Å². The fraction of sp³-hybridized carbons (Fsp3) is 0.600. The first kappa shape index (κ1) is 19.0. The van der Waals surface area contributed by atoms with Crippen molar-refractivity contribution in [3.05, 3.63) is 12.8 Å². The first-order valence-electron chi connectivity index (χ1n) is 4.88. The van der Waals surface area contributed by atoms with Crippen LogP contribution in [0.1, 0.15) is 6.92 Å². The molecule has 0 saturated carbocycles. The van der Waals surface area contributed by atoms with Gasteiger partial charge >= 0.3 is 5.97 Å². The third-order valence-corrected chi connectivity index (χ3v) is 1.67. The van der Waals surface area contributed by atoms with Crippen LogP contribution < -0.4 is 0 Å². The third-order valence-electron chi connectivity index (χ3n) is 1.67. The highest BCUT2D eigenvalue weighted by Crippen LogP contribution is 2.02. The Hall–Kier alpha value is -1.32. The predicted molar refractivity (Wildman–Crippen MR) is 59.1 cm³/mol. The van der Waals surface area contributed by atoms with Crippen LogP contribution in [-0.4, -0.2) is 68.8 Å². The standard InChI is InChI=1S/C6H12O6.C4H6O2/c7-1-3(9)5(11)6(12)4(10)2-8;1-3-6-4(2)5/h1,3-6,8-12H,2H2;3H,1H2,2H3/t3-,4+,5+,6+;/m0./s1. The maximum absolute atomic E-state index is 9.90. The Bertz CT molecular complexity index is 254. The largest absolute Gasteiger partial charge is 0.435 e. The van der Waals surface area contributed by atoms with E-state index in [9.17, 15) is 9.59 Å². The molecule has 0 aromatic rings. The minimum atomic E-state index is -1.79. The van der Waals surface area contributed by atoms with E-state index < -0.39 is 31.0 Å². The summed E-state index contributed by atoms with van der Waals surface area (Å²) < 4.78 is 4.17. The van der Waals surface area contributed by atoms with Gasteiger partial charge in [-0.2, -0.15) is 0 Å². The van der Waals surface area contributed by atoms with Gasteiger partial charge in [0.2, 0.25) is 0 Å². The molecule has 5 N–H and O–H groups in total. The Balaban J connectivity index is 0. The van der Waals surface area contributed by atoms with Gasteiger partial charge in [0.1, 0.15) is 24.4 Å². The zero-order valence-corrected chi connectivity index (χ0v) is 9.84. The van der Waals surface area contributed by atoms with Gasteiger partial charge in [-0.25, -0.2) is 0 Å². The molecule has 0 radical (unpaired) electrons. The van der Waals surface area contributed by atoms with Crippen LogP contribution in [0.2, 0.25) is 0 Å². The first-order valence-corrected chi connectivity index (χ1v) is 4.88. The van der Waals surface area contributed by atoms with Crippen molar-refractivity contribution in [2.45, 2.75) is 31.3 Å². The highest BCUT2D eigenvalue weighted by Gasteiger charge is 2.29. The van der Waals surface area contributed by atoms with Crippen molar-refractivity contribution in [2.24, 2.45) is 0 Å². The van der Waals surface area contributed by atoms with E-state index in [0.717, 1.165) is 6.26 Å². The molecule has 0 saturated heterocycles. The van der Waals surface area contributed by atoms with Crippen molar-refractivity contribution in [1.82, 2.24) is 0 Å². The van der Waals surface area contributed by atoms with Gasteiger partial charge in [-0.15, -0.1) is 0 Å². The molecule has 0 fully saturated rings. The second kappa shape index (κ2) is 10.8. The molecule has 0 heterocycles. The van der Waals surface area contributed by atoms with Crippen LogP contribution in [0.15, 0.2) is 12.8 Å². The minimum Gasteiger partial charge on any atom is -0.435 e. The van der Waals surface area contributed by atoms with E-state index in [1.807, 2.05) is 0 Å². The molecular weight excluding hydrogens is 248 g/mol. The Morgan fingerprint density at radius 1 is 1.28 bits per heavy atom. The van der Waals surface area contributed by atoms with E-state index in [-0.39, 0.29) is 12.3 Å². The fourth-order valence-electron chi connectivity index (χ4n) is 0.735. The summed E-state index contributed by atoms with van der Waals surface area (Å²) >= 11 is 0. The summed E-state index contributed by atoms with van der Waals surface area (Å²) in [5, 5.41) is 43.5. The Morgan fingerprint density at radius 3 is 2.00 bits per heavy atom. The highest BCUT2D eigenvalue weighted by atomic mass is 16.5. The van der Waals surface area contributed by atoms with Crippen molar-refractivity contribution < 1.29 is 39.9 Å². The Morgan fingerprint density at radius 2 is 1.78 bits per heavy atom. The average molecular weight is 266 g/mol. The minimum absolute atomic E-state index is 0.0258. The molecule has 106 valence electrons. The Labute approximate surface area is 104 Å². The molecule has 0 aliphatic heterocycles. The smallest absolute Gasteiger partial charge is 0.307 e. The second-order valence-corrected chi connectivity index (χ2v) is 3.13. The third kappa shape index (κ3) is 8.79. The van der Waals surface area contributed by atoms with Gasteiger partial charge in [0.15, 0.2) is 6.29 Å². The van der Waals surface area contributed by atoms with Gasteiger partial charge in [-0.1, -0.05) is 6.58 Å². The lowest BCUT2D eigenvalue weighted by molar-refractivity contribution is -0.136. The number of carbonyl (C=O) groups is 2. The van der Waals surface area contributed by atoms with E-state index >= 15 is 0 Å². The van der Waals surface area contributed by atoms with Crippen molar-refractivity contribution in [3.8, 4) is 0 Å². The van der Waals surface area contributed by atoms with Gasteiger partial charge in [0.05, 0.1) is 12.9 Å². The predicted octanol–water partition coefficient (Wildman–Crippen LogP) is -2.69. The van der Waals surface area contributed by atoms with Gasteiger partial charge < -0.3 is 35.1 Å².